The van der Waals surface area contributed by atoms with E-state index in [9.17, 15) is 9.90 Å². The summed E-state index contributed by atoms with van der Waals surface area (Å²) in [5, 5.41) is 15.6. The summed E-state index contributed by atoms with van der Waals surface area (Å²) in [6.45, 7) is 3.09. The van der Waals surface area contributed by atoms with Gasteiger partial charge in [-0.25, -0.2) is 4.79 Å². The second kappa shape index (κ2) is 8.96. The highest BCUT2D eigenvalue weighted by Gasteiger charge is 2.07. The largest absolute Gasteiger partial charge is 0.388 e. The molecular weight excluding hydrogens is 288 g/mol. The van der Waals surface area contributed by atoms with Crippen molar-refractivity contribution in [2.45, 2.75) is 25.9 Å². The molecule has 0 radical (unpaired) electrons. The molecule has 0 spiro atoms. The van der Waals surface area contributed by atoms with Crippen molar-refractivity contribution in [2.24, 2.45) is 0 Å². The highest BCUT2D eigenvalue weighted by molar-refractivity contribution is 5.73. The molecule has 1 unspecified atom stereocenters. The van der Waals surface area contributed by atoms with Crippen molar-refractivity contribution in [1.29, 1.82) is 0 Å². The SMILES string of the molecule is Cc1cccc(CCNC(=O)NCCC(O)c2ccccc2)c1. The first kappa shape index (κ1) is 17.0. The number of aliphatic hydroxyl groups is 1. The summed E-state index contributed by atoms with van der Waals surface area (Å²) in [4.78, 5) is 11.7. The fraction of sp³-hybridized carbons (Fsp3) is 0.316. The zero-order valence-corrected chi connectivity index (χ0v) is 13.5. The molecule has 23 heavy (non-hydrogen) atoms. The van der Waals surface area contributed by atoms with Crippen LogP contribution in [0.15, 0.2) is 54.6 Å². The van der Waals surface area contributed by atoms with E-state index in [1.807, 2.05) is 36.4 Å². The van der Waals surface area contributed by atoms with Crippen LogP contribution in [0.3, 0.4) is 0 Å². The number of carbonyl (C=O) groups is 1. The lowest BCUT2D eigenvalue weighted by Gasteiger charge is -2.12. The van der Waals surface area contributed by atoms with Gasteiger partial charge in [0.2, 0.25) is 0 Å². The lowest BCUT2D eigenvalue weighted by Crippen LogP contribution is -2.37. The summed E-state index contributed by atoms with van der Waals surface area (Å²) < 4.78 is 0. The van der Waals surface area contributed by atoms with Crippen LogP contribution in [0.25, 0.3) is 0 Å². The minimum absolute atomic E-state index is 0.196. The van der Waals surface area contributed by atoms with Crippen LogP contribution in [-0.2, 0) is 6.42 Å². The quantitative estimate of drug-likeness (QED) is 0.736. The predicted molar refractivity (Wildman–Crippen MR) is 92.3 cm³/mol. The molecule has 122 valence electrons. The molecule has 0 saturated carbocycles. The number of benzene rings is 2. The lowest BCUT2D eigenvalue weighted by molar-refractivity contribution is 0.167. The van der Waals surface area contributed by atoms with Gasteiger partial charge in [-0.2, -0.15) is 0 Å². The Balaban J connectivity index is 1.62. The van der Waals surface area contributed by atoms with E-state index in [1.54, 1.807) is 0 Å². The Bertz CT molecular complexity index is 614. The molecule has 0 aliphatic heterocycles. The monoisotopic (exact) mass is 312 g/mol. The molecule has 0 heterocycles. The molecule has 2 aromatic carbocycles. The Labute approximate surface area is 137 Å². The van der Waals surface area contributed by atoms with E-state index in [0.717, 1.165) is 12.0 Å². The highest BCUT2D eigenvalue weighted by Crippen LogP contribution is 2.14. The topological polar surface area (TPSA) is 61.4 Å². The molecule has 0 aliphatic carbocycles. The van der Waals surface area contributed by atoms with Crippen molar-refractivity contribution in [3.05, 3.63) is 71.3 Å². The third kappa shape index (κ3) is 6.12. The third-order valence-electron chi connectivity index (χ3n) is 3.67. The van der Waals surface area contributed by atoms with E-state index in [-0.39, 0.29) is 6.03 Å². The van der Waals surface area contributed by atoms with Crippen LogP contribution >= 0.6 is 0 Å². The fourth-order valence-electron chi connectivity index (χ4n) is 2.41. The number of rotatable bonds is 7. The third-order valence-corrected chi connectivity index (χ3v) is 3.67. The Morgan fingerprint density at radius 2 is 1.78 bits per heavy atom. The van der Waals surface area contributed by atoms with E-state index >= 15 is 0 Å². The molecule has 3 N–H and O–H groups in total. The van der Waals surface area contributed by atoms with Gasteiger partial charge in [0.05, 0.1) is 6.10 Å². The molecule has 4 nitrogen and oxygen atoms in total. The maximum atomic E-state index is 11.7. The summed E-state index contributed by atoms with van der Waals surface area (Å²) in [5.41, 5.74) is 3.31. The van der Waals surface area contributed by atoms with Gasteiger partial charge in [-0.1, -0.05) is 60.2 Å². The predicted octanol–water partition coefficient (Wildman–Crippen LogP) is 2.96. The van der Waals surface area contributed by atoms with Crippen LogP contribution in [-0.4, -0.2) is 24.2 Å². The molecule has 4 heteroatoms. The zero-order valence-electron chi connectivity index (χ0n) is 13.5. The number of hydrogen-bond acceptors (Lipinski definition) is 2. The van der Waals surface area contributed by atoms with Gasteiger partial charge in [0.15, 0.2) is 0 Å². The van der Waals surface area contributed by atoms with Crippen LogP contribution in [0.2, 0.25) is 0 Å². The number of carbonyl (C=O) groups excluding carboxylic acids is 1. The fourth-order valence-corrected chi connectivity index (χ4v) is 2.41. The molecular formula is C19H24N2O2. The first-order chi connectivity index (χ1) is 11.1. The highest BCUT2D eigenvalue weighted by atomic mass is 16.3. The molecule has 2 rings (SSSR count). The Morgan fingerprint density at radius 3 is 2.52 bits per heavy atom. The van der Waals surface area contributed by atoms with Gasteiger partial charge in [0.1, 0.15) is 0 Å². The van der Waals surface area contributed by atoms with Gasteiger partial charge < -0.3 is 15.7 Å². The number of nitrogens with one attached hydrogen (secondary N) is 2. The van der Waals surface area contributed by atoms with Crippen molar-refractivity contribution in [2.75, 3.05) is 13.1 Å². The van der Waals surface area contributed by atoms with E-state index in [4.69, 9.17) is 0 Å². The van der Waals surface area contributed by atoms with Crippen molar-refractivity contribution >= 4 is 6.03 Å². The first-order valence-electron chi connectivity index (χ1n) is 7.95. The van der Waals surface area contributed by atoms with E-state index in [2.05, 4.69) is 35.8 Å². The Morgan fingerprint density at radius 1 is 1.04 bits per heavy atom. The Kier molecular flexibility index (Phi) is 6.63. The Hall–Kier alpha value is -2.33. The van der Waals surface area contributed by atoms with Gasteiger partial charge in [-0.15, -0.1) is 0 Å². The number of aryl methyl sites for hydroxylation is 1. The second-order valence-electron chi connectivity index (χ2n) is 5.64. The van der Waals surface area contributed by atoms with E-state index in [0.29, 0.717) is 19.5 Å². The van der Waals surface area contributed by atoms with Crippen LogP contribution in [0.4, 0.5) is 4.79 Å². The number of aliphatic hydroxyl groups excluding tert-OH is 1. The van der Waals surface area contributed by atoms with Crippen molar-refractivity contribution in [3.8, 4) is 0 Å². The molecule has 0 aliphatic rings. The number of urea groups is 1. The molecule has 0 fully saturated rings. The maximum absolute atomic E-state index is 11.7. The summed E-state index contributed by atoms with van der Waals surface area (Å²) in [6.07, 6.45) is 0.751. The maximum Gasteiger partial charge on any atom is 0.314 e. The van der Waals surface area contributed by atoms with Crippen molar-refractivity contribution in [3.63, 3.8) is 0 Å². The van der Waals surface area contributed by atoms with Crippen LogP contribution in [0, 0.1) is 6.92 Å². The minimum atomic E-state index is -0.552. The normalized spacial score (nSPS) is 11.7. The van der Waals surface area contributed by atoms with Gasteiger partial charge in [0.25, 0.3) is 0 Å². The van der Waals surface area contributed by atoms with Crippen LogP contribution in [0.5, 0.6) is 0 Å². The number of amides is 2. The van der Waals surface area contributed by atoms with E-state index in [1.165, 1.54) is 11.1 Å². The molecule has 0 saturated heterocycles. The summed E-state index contributed by atoms with van der Waals surface area (Å²) in [5.74, 6) is 0. The van der Waals surface area contributed by atoms with E-state index < -0.39 is 6.10 Å². The summed E-state index contributed by atoms with van der Waals surface area (Å²) in [6, 6.07) is 17.5. The van der Waals surface area contributed by atoms with Crippen LogP contribution in [0.1, 0.15) is 29.2 Å². The standard InChI is InChI=1S/C19H24N2O2/c1-15-6-5-7-16(14-15)10-12-20-19(23)21-13-11-18(22)17-8-3-2-4-9-17/h2-9,14,18,22H,10-13H2,1H3,(H2,20,21,23). The van der Waals surface area contributed by atoms with Gasteiger partial charge >= 0.3 is 6.03 Å². The molecule has 2 amide bonds. The smallest absolute Gasteiger partial charge is 0.314 e. The summed E-state index contributed by atoms with van der Waals surface area (Å²) in [7, 11) is 0. The van der Waals surface area contributed by atoms with Gasteiger partial charge in [-0.05, 0) is 30.9 Å². The lowest BCUT2D eigenvalue weighted by atomic mass is 10.1. The zero-order chi connectivity index (χ0) is 16.5. The minimum Gasteiger partial charge on any atom is -0.388 e. The molecule has 0 bridgehead atoms. The van der Waals surface area contributed by atoms with Gasteiger partial charge in [-0.3, -0.25) is 0 Å². The van der Waals surface area contributed by atoms with Gasteiger partial charge in [0, 0.05) is 13.1 Å². The molecule has 1 atom stereocenters. The molecule has 2 aromatic rings. The van der Waals surface area contributed by atoms with Crippen molar-refractivity contribution in [1.82, 2.24) is 10.6 Å². The first-order valence-corrected chi connectivity index (χ1v) is 7.95. The average Bonchev–Trinajstić information content (AvgIpc) is 2.55. The molecule has 0 aromatic heterocycles. The number of hydrogen-bond donors (Lipinski definition) is 3. The van der Waals surface area contributed by atoms with Crippen LogP contribution < -0.4 is 10.6 Å². The van der Waals surface area contributed by atoms with Crippen molar-refractivity contribution < 1.29 is 9.90 Å². The second-order valence-corrected chi connectivity index (χ2v) is 5.64. The average molecular weight is 312 g/mol. The summed E-state index contributed by atoms with van der Waals surface area (Å²) >= 11 is 0.